The van der Waals surface area contributed by atoms with Gasteiger partial charge in [0.05, 0.1) is 11.4 Å². The maximum Gasteiger partial charge on any atom is 0.240 e. The topological polar surface area (TPSA) is 117 Å². The van der Waals surface area contributed by atoms with Crippen molar-refractivity contribution >= 4 is 45.9 Å². The van der Waals surface area contributed by atoms with E-state index in [0.29, 0.717) is 12.5 Å². The number of halogens is 1. The van der Waals surface area contributed by atoms with E-state index < -0.39 is 10.0 Å². The number of nitrogens with one attached hydrogen (secondary N) is 1. The Bertz CT molecular complexity index is 901. The molecule has 28 heavy (non-hydrogen) atoms. The van der Waals surface area contributed by atoms with Crippen LogP contribution in [-0.4, -0.2) is 62.5 Å². The quantitative estimate of drug-likeness (QED) is 0.340. The van der Waals surface area contributed by atoms with E-state index >= 15 is 0 Å². The van der Waals surface area contributed by atoms with E-state index in [0.717, 1.165) is 37.7 Å². The molecule has 1 aromatic heterocycles. The number of rotatable bonds is 5. The van der Waals surface area contributed by atoms with Crippen LogP contribution in [0, 0.1) is 0 Å². The molecule has 0 bridgehead atoms. The monoisotopic (exact) mass is 517 g/mol. The summed E-state index contributed by atoms with van der Waals surface area (Å²) in [6, 6.07) is 8.47. The van der Waals surface area contributed by atoms with Crippen molar-refractivity contribution < 1.29 is 8.42 Å². The Kier molecular flexibility index (Phi) is 7.95. The van der Waals surface area contributed by atoms with Gasteiger partial charge in [0.25, 0.3) is 0 Å². The third kappa shape index (κ3) is 5.52. The molecular weight excluding hydrogens is 493 g/mol. The SMILES string of the molecule is CNS(=O)(=O)c1cccc(CN=C(N)N2CCN(c3ncccn3)CC2)c1.I. The molecule has 3 rings (SSSR count). The zero-order valence-electron chi connectivity index (χ0n) is 15.5. The molecule has 2 aromatic rings. The van der Waals surface area contributed by atoms with Crippen molar-refractivity contribution in [3.8, 4) is 0 Å². The van der Waals surface area contributed by atoms with Gasteiger partial charge in [-0.25, -0.2) is 28.1 Å². The van der Waals surface area contributed by atoms with Crippen molar-refractivity contribution in [2.75, 3.05) is 38.1 Å². The minimum atomic E-state index is -3.47. The highest BCUT2D eigenvalue weighted by Gasteiger charge is 2.20. The van der Waals surface area contributed by atoms with Gasteiger partial charge in [0.1, 0.15) is 0 Å². The van der Waals surface area contributed by atoms with E-state index in [1.165, 1.54) is 7.05 Å². The molecule has 152 valence electrons. The number of anilines is 1. The van der Waals surface area contributed by atoms with Crippen molar-refractivity contribution in [1.82, 2.24) is 19.6 Å². The van der Waals surface area contributed by atoms with Crippen LogP contribution in [0.5, 0.6) is 0 Å². The maximum absolute atomic E-state index is 11.9. The van der Waals surface area contributed by atoms with Crippen LogP contribution < -0.4 is 15.4 Å². The highest BCUT2D eigenvalue weighted by Crippen LogP contribution is 2.13. The number of sulfonamides is 1. The summed E-state index contributed by atoms with van der Waals surface area (Å²) in [4.78, 5) is 17.3. The van der Waals surface area contributed by atoms with Gasteiger partial charge in [-0.05, 0) is 30.8 Å². The van der Waals surface area contributed by atoms with Gasteiger partial charge in [0.2, 0.25) is 16.0 Å². The third-order valence-electron chi connectivity index (χ3n) is 4.34. The first-order valence-corrected chi connectivity index (χ1v) is 10.1. The Balaban J connectivity index is 0.00000280. The lowest BCUT2D eigenvalue weighted by Gasteiger charge is -2.35. The van der Waals surface area contributed by atoms with Gasteiger partial charge in [0, 0.05) is 38.6 Å². The van der Waals surface area contributed by atoms with Crippen LogP contribution in [-0.2, 0) is 16.6 Å². The Morgan fingerprint density at radius 1 is 1.18 bits per heavy atom. The van der Waals surface area contributed by atoms with Gasteiger partial charge in [0.15, 0.2) is 5.96 Å². The molecule has 2 heterocycles. The molecule has 9 nitrogen and oxygen atoms in total. The van der Waals surface area contributed by atoms with E-state index in [4.69, 9.17) is 5.73 Å². The van der Waals surface area contributed by atoms with Crippen molar-refractivity contribution in [1.29, 1.82) is 0 Å². The number of nitrogens with two attached hydrogens (primary N) is 1. The number of hydrogen-bond acceptors (Lipinski definition) is 6. The fourth-order valence-electron chi connectivity index (χ4n) is 2.79. The zero-order valence-corrected chi connectivity index (χ0v) is 18.7. The standard InChI is InChI=1S/C17H23N7O2S.HI/c1-19-27(25,26)15-5-2-4-14(12-15)13-22-16(18)23-8-10-24(11-9-23)17-20-6-3-7-21-17;/h2-7,12,19H,8-11,13H2,1H3,(H2,18,22);1H. The van der Waals surface area contributed by atoms with Gasteiger partial charge >= 0.3 is 0 Å². The van der Waals surface area contributed by atoms with Crippen molar-refractivity contribution in [3.63, 3.8) is 0 Å². The minimum Gasteiger partial charge on any atom is -0.370 e. The predicted octanol–water partition coefficient (Wildman–Crippen LogP) is 0.640. The molecule has 1 saturated heterocycles. The van der Waals surface area contributed by atoms with E-state index in [-0.39, 0.29) is 28.9 Å². The zero-order chi connectivity index (χ0) is 19.3. The molecule has 0 saturated carbocycles. The highest BCUT2D eigenvalue weighted by molar-refractivity contribution is 14.0. The average Bonchev–Trinajstić information content (AvgIpc) is 2.73. The van der Waals surface area contributed by atoms with Crippen LogP contribution in [0.15, 0.2) is 52.6 Å². The summed E-state index contributed by atoms with van der Waals surface area (Å²) in [7, 11) is -2.08. The molecule has 0 aliphatic carbocycles. The van der Waals surface area contributed by atoms with Gasteiger partial charge in [-0.15, -0.1) is 24.0 Å². The van der Waals surface area contributed by atoms with Crippen LogP contribution >= 0.6 is 24.0 Å². The molecule has 11 heteroatoms. The Hall–Kier alpha value is -1.99. The molecule has 0 spiro atoms. The summed E-state index contributed by atoms with van der Waals surface area (Å²) in [5, 5.41) is 0. The lowest BCUT2D eigenvalue weighted by molar-refractivity contribution is 0.378. The van der Waals surface area contributed by atoms with Crippen molar-refractivity contribution in [2.45, 2.75) is 11.4 Å². The first-order chi connectivity index (χ1) is 13.0. The third-order valence-corrected chi connectivity index (χ3v) is 5.75. The summed E-state index contributed by atoms with van der Waals surface area (Å²) in [5.41, 5.74) is 6.91. The number of piperazine rings is 1. The second kappa shape index (κ2) is 9.98. The number of aliphatic imine (C=N–C) groups is 1. The molecular formula is C17H24IN7O2S. The van der Waals surface area contributed by atoms with Gasteiger partial charge < -0.3 is 15.5 Å². The molecule has 0 radical (unpaired) electrons. The fraction of sp³-hybridized carbons (Fsp3) is 0.353. The van der Waals surface area contributed by atoms with Crippen LogP contribution in [0.25, 0.3) is 0 Å². The molecule has 0 atom stereocenters. The lowest BCUT2D eigenvalue weighted by Crippen LogP contribution is -2.51. The van der Waals surface area contributed by atoms with Crippen molar-refractivity contribution in [2.24, 2.45) is 10.7 Å². The summed E-state index contributed by atoms with van der Waals surface area (Å²) in [6.07, 6.45) is 3.46. The molecule has 1 fully saturated rings. The number of guanidine groups is 1. The number of hydrogen-bond donors (Lipinski definition) is 2. The largest absolute Gasteiger partial charge is 0.370 e. The summed E-state index contributed by atoms with van der Waals surface area (Å²) < 4.78 is 26.1. The summed E-state index contributed by atoms with van der Waals surface area (Å²) >= 11 is 0. The number of aromatic nitrogens is 2. The Morgan fingerprint density at radius 3 is 2.50 bits per heavy atom. The summed E-state index contributed by atoms with van der Waals surface area (Å²) in [6.45, 7) is 3.29. The normalized spacial score (nSPS) is 15.2. The van der Waals surface area contributed by atoms with Crippen LogP contribution in [0.1, 0.15) is 5.56 Å². The summed E-state index contributed by atoms with van der Waals surface area (Å²) in [5.74, 6) is 1.17. The molecule has 3 N–H and O–H groups in total. The minimum absolute atomic E-state index is 0. The van der Waals surface area contributed by atoms with E-state index in [9.17, 15) is 8.42 Å². The van der Waals surface area contributed by atoms with E-state index in [2.05, 4.69) is 24.6 Å². The second-order valence-electron chi connectivity index (χ2n) is 6.05. The molecule has 0 amide bonds. The molecule has 0 unspecified atom stereocenters. The smallest absolute Gasteiger partial charge is 0.240 e. The number of benzene rings is 1. The fourth-order valence-corrected chi connectivity index (χ4v) is 3.59. The van der Waals surface area contributed by atoms with Crippen LogP contribution in [0.4, 0.5) is 5.95 Å². The Labute approximate surface area is 182 Å². The first-order valence-electron chi connectivity index (χ1n) is 8.59. The van der Waals surface area contributed by atoms with Gasteiger partial charge in [-0.1, -0.05) is 12.1 Å². The average molecular weight is 517 g/mol. The lowest BCUT2D eigenvalue weighted by atomic mass is 10.2. The van der Waals surface area contributed by atoms with Crippen LogP contribution in [0.3, 0.4) is 0 Å². The van der Waals surface area contributed by atoms with Crippen molar-refractivity contribution in [3.05, 3.63) is 48.3 Å². The number of nitrogens with zero attached hydrogens (tertiary/aromatic N) is 5. The molecule has 1 aliphatic rings. The highest BCUT2D eigenvalue weighted by atomic mass is 127. The van der Waals surface area contributed by atoms with Crippen LogP contribution in [0.2, 0.25) is 0 Å². The maximum atomic E-state index is 11.9. The first kappa shape index (κ1) is 22.3. The van der Waals surface area contributed by atoms with E-state index in [1.54, 1.807) is 36.7 Å². The second-order valence-corrected chi connectivity index (χ2v) is 7.94. The van der Waals surface area contributed by atoms with Gasteiger partial charge in [-0.3, -0.25) is 0 Å². The molecule has 1 aliphatic heterocycles. The predicted molar refractivity (Wildman–Crippen MR) is 119 cm³/mol. The Morgan fingerprint density at radius 2 is 1.86 bits per heavy atom. The van der Waals surface area contributed by atoms with E-state index in [1.807, 2.05) is 11.0 Å². The molecule has 1 aromatic carbocycles. The van der Waals surface area contributed by atoms with Gasteiger partial charge in [-0.2, -0.15) is 0 Å².